The van der Waals surface area contributed by atoms with Crippen LogP contribution in [0.25, 0.3) is 5.69 Å². The van der Waals surface area contributed by atoms with Crippen LogP contribution in [-0.2, 0) is 4.79 Å². The van der Waals surface area contributed by atoms with E-state index in [1.54, 1.807) is 18.2 Å². The molecule has 0 saturated carbocycles. The highest BCUT2D eigenvalue weighted by atomic mass is 35.5. The summed E-state index contributed by atoms with van der Waals surface area (Å²) in [5, 5.41) is 8.12. The first-order chi connectivity index (χ1) is 13.7. The van der Waals surface area contributed by atoms with Crippen molar-refractivity contribution in [2.75, 3.05) is 5.32 Å². The number of aryl methyl sites for hydroxylation is 3. The Bertz CT molecular complexity index is 1130. The molecule has 0 saturated heterocycles. The maximum Gasteiger partial charge on any atom is 0.271 e. The molecule has 1 heterocycles. The van der Waals surface area contributed by atoms with E-state index in [4.69, 9.17) is 11.6 Å². The Labute approximate surface area is 179 Å². The Morgan fingerprint density at radius 3 is 2.52 bits per heavy atom. The minimum atomic E-state index is -0.394. The molecule has 150 valence electrons. The van der Waals surface area contributed by atoms with E-state index in [2.05, 4.69) is 10.4 Å². The van der Waals surface area contributed by atoms with Crippen LogP contribution in [-0.4, -0.2) is 20.9 Å². The number of anilines is 1. The van der Waals surface area contributed by atoms with E-state index >= 15 is 0 Å². The second-order valence-corrected chi connectivity index (χ2v) is 8.69. The summed E-state index contributed by atoms with van der Waals surface area (Å²) in [7, 11) is 0. The summed E-state index contributed by atoms with van der Waals surface area (Å²) < 4.78 is 1.29. The molecule has 1 aromatic heterocycles. The molecule has 0 aliphatic carbocycles. The van der Waals surface area contributed by atoms with Gasteiger partial charge in [0.2, 0.25) is 5.91 Å². The van der Waals surface area contributed by atoms with Gasteiger partial charge in [0.05, 0.1) is 10.9 Å². The van der Waals surface area contributed by atoms with Crippen molar-refractivity contribution in [1.82, 2.24) is 9.78 Å². The monoisotopic (exact) mass is 427 g/mol. The molecule has 3 rings (SSSR count). The van der Waals surface area contributed by atoms with E-state index in [1.807, 2.05) is 52.0 Å². The second kappa shape index (κ2) is 8.84. The normalized spacial score (nSPS) is 11.9. The Balaban J connectivity index is 1.79. The number of nitrogens with one attached hydrogen (secondary N) is 1. The van der Waals surface area contributed by atoms with Crippen LogP contribution in [0.15, 0.2) is 58.4 Å². The first-order valence-corrected chi connectivity index (χ1v) is 10.4. The fourth-order valence-corrected chi connectivity index (χ4v) is 3.67. The van der Waals surface area contributed by atoms with E-state index < -0.39 is 5.25 Å². The number of rotatable bonds is 5. The lowest BCUT2D eigenvalue weighted by molar-refractivity contribution is -0.115. The molecule has 0 bridgehead atoms. The molecule has 5 nitrogen and oxygen atoms in total. The molecular formula is C22H22ClN3O2S. The highest BCUT2D eigenvalue weighted by Gasteiger charge is 2.17. The number of hydrogen-bond donors (Lipinski definition) is 1. The molecule has 0 fully saturated rings. The van der Waals surface area contributed by atoms with E-state index in [9.17, 15) is 9.59 Å². The van der Waals surface area contributed by atoms with Crippen molar-refractivity contribution in [3.63, 3.8) is 0 Å². The smallest absolute Gasteiger partial charge is 0.271 e. The molecular weight excluding hydrogens is 406 g/mol. The summed E-state index contributed by atoms with van der Waals surface area (Å²) in [4.78, 5) is 24.9. The van der Waals surface area contributed by atoms with Gasteiger partial charge < -0.3 is 5.32 Å². The molecule has 0 radical (unpaired) electrons. The number of thioether (sulfide) groups is 1. The van der Waals surface area contributed by atoms with Gasteiger partial charge in [-0.25, -0.2) is 0 Å². The predicted molar refractivity (Wildman–Crippen MR) is 119 cm³/mol. The van der Waals surface area contributed by atoms with Crippen molar-refractivity contribution in [1.29, 1.82) is 0 Å². The van der Waals surface area contributed by atoms with Crippen LogP contribution in [0.1, 0.15) is 23.6 Å². The number of hydrogen-bond acceptors (Lipinski definition) is 4. The van der Waals surface area contributed by atoms with Gasteiger partial charge in [-0.3, -0.25) is 9.59 Å². The van der Waals surface area contributed by atoms with E-state index in [1.165, 1.54) is 22.5 Å². The van der Waals surface area contributed by atoms with Crippen LogP contribution in [0.2, 0.25) is 5.02 Å². The Hall–Kier alpha value is -2.57. The molecule has 1 N–H and O–H groups in total. The molecule has 0 spiro atoms. The van der Waals surface area contributed by atoms with Gasteiger partial charge in [-0.1, -0.05) is 41.6 Å². The largest absolute Gasteiger partial charge is 0.325 e. The topological polar surface area (TPSA) is 64.0 Å². The molecule has 0 aliphatic rings. The van der Waals surface area contributed by atoms with Crippen LogP contribution in [0.3, 0.4) is 0 Å². The Morgan fingerprint density at radius 2 is 1.79 bits per heavy atom. The number of aromatic nitrogens is 2. The number of carbonyl (C=O) groups excluding carboxylic acids is 1. The molecule has 1 amide bonds. The average molecular weight is 428 g/mol. The first-order valence-electron chi connectivity index (χ1n) is 9.16. The standard InChI is InChI=1S/C22H22ClN3O2S/c1-13-5-6-15(3)19(11-13)24-22(28)16(4)29-20-9-10-21(27)26(25-20)17-8-7-14(2)18(23)12-17/h5-12,16H,1-4H3,(H,24,28)/t16-/m1/s1. The summed E-state index contributed by atoms with van der Waals surface area (Å²) in [5.41, 5.74) is 4.13. The number of amides is 1. The van der Waals surface area contributed by atoms with Gasteiger partial charge >= 0.3 is 0 Å². The van der Waals surface area contributed by atoms with Gasteiger partial charge in [-0.05, 0) is 68.7 Å². The molecule has 0 aliphatic heterocycles. The van der Waals surface area contributed by atoms with E-state index in [-0.39, 0.29) is 11.5 Å². The third-order valence-electron chi connectivity index (χ3n) is 4.49. The van der Waals surface area contributed by atoms with Gasteiger partial charge in [-0.2, -0.15) is 9.78 Å². The fraction of sp³-hybridized carbons (Fsp3) is 0.227. The Morgan fingerprint density at radius 1 is 1.07 bits per heavy atom. The summed E-state index contributed by atoms with van der Waals surface area (Å²) in [6.45, 7) is 7.64. The maximum atomic E-state index is 12.6. The van der Waals surface area contributed by atoms with Crippen molar-refractivity contribution in [2.24, 2.45) is 0 Å². The average Bonchev–Trinajstić information content (AvgIpc) is 2.68. The summed E-state index contributed by atoms with van der Waals surface area (Å²) in [6, 6.07) is 14.3. The van der Waals surface area contributed by atoms with Gasteiger partial charge in [0.15, 0.2) is 0 Å². The third kappa shape index (κ3) is 5.08. The molecule has 2 aromatic carbocycles. The fourth-order valence-electron chi connectivity index (χ4n) is 2.70. The maximum absolute atomic E-state index is 12.6. The van der Waals surface area contributed by atoms with Crippen LogP contribution < -0.4 is 10.9 Å². The minimum absolute atomic E-state index is 0.123. The van der Waals surface area contributed by atoms with Gasteiger partial charge in [-0.15, -0.1) is 0 Å². The van der Waals surface area contributed by atoms with Gasteiger partial charge in [0.25, 0.3) is 5.56 Å². The van der Waals surface area contributed by atoms with Gasteiger partial charge in [0.1, 0.15) is 5.03 Å². The predicted octanol–water partition coefficient (Wildman–Crippen LogP) is 4.93. The van der Waals surface area contributed by atoms with Crippen molar-refractivity contribution < 1.29 is 4.79 Å². The SMILES string of the molecule is Cc1ccc(C)c(NC(=O)[C@@H](C)Sc2ccc(=O)n(-c3ccc(C)c(Cl)c3)n2)c1. The minimum Gasteiger partial charge on any atom is -0.325 e. The lowest BCUT2D eigenvalue weighted by Gasteiger charge is -2.14. The number of nitrogens with zero attached hydrogens (tertiary/aromatic N) is 2. The van der Waals surface area contributed by atoms with Crippen molar-refractivity contribution in [3.05, 3.63) is 80.6 Å². The number of halogens is 1. The third-order valence-corrected chi connectivity index (χ3v) is 5.93. The van der Waals surface area contributed by atoms with Crippen LogP contribution in [0.5, 0.6) is 0 Å². The van der Waals surface area contributed by atoms with Crippen LogP contribution in [0.4, 0.5) is 5.69 Å². The van der Waals surface area contributed by atoms with Crippen LogP contribution >= 0.6 is 23.4 Å². The summed E-state index contributed by atoms with van der Waals surface area (Å²) in [5.74, 6) is -0.123. The van der Waals surface area contributed by atoms with Crippen LogP contribution in [0, 0.1) is 20.8 Å². The lowest BCUT2D eigenvalue weighted by Crippen LogP contribution is -2.24. The Kier molecular flexibility index (Phi) is 6.45. The number of benzene rings is 2. The highest BCUT2D eigenvalue weighted by molar-refractivity contribution is 8.00. The van der Waals surface area contributed by atoms with Gasteiger partial charge in [0, 0.05) is 16.8 Å². The number of carbonyl (C=O) groups is 1. The molecule has 0 unspecified atom stereocenters. The molecule has 7 heteroatoms. The molecule has 3 aromatic rings. The van der Waals surface area contributed by atoms with Crippen molar-refractivity contribution >= 4 is 35.0 Å². The summed E-state index contributed by atoms with van der Waals surface area (Å²) >= 11 is 7.47. The first kappa shape index (κ1) is 21.1. The zero-order valence-electron chi connectivity index (χ0n) is 16.7. The van der Waals surface area contributed by atoms with E-state index in [0.717, 1.165) is 22.4 Å². The molecule has 1 atom stereocenters. The van der Waals surface area contributed by atoms with E-state index in [0.29, 0.717) is 15.7 Å². The summed E-state index contributed by atoms with van der Waals surface area (Å²) in [6.07, 6.45) is 0. The second-order valence-electron chi connectivity index (χ2n) is 6.92. The highest BCUT2D eigenvalue weighted by Crippen LogP contribution is 2.24. The zero-order valence-corrected chi connectivity index (χ0v) is 18.3. The molecule has 29 heavy (non-hydrogen) atoms. The zero-order chi connectivity index (χ0) is 21.1. The quantitative estimate of drug-likeness (QED) is 0.586. The van der Waals surface area contributed by atoms with Crippen molar-refractivity contribution in [3.8, 4) is 5.69 Å². The van der Waals surface area contributed by atoms with Crippen molar-refractivity contribution in [2.45, 2.75) is 38.0 Å². The lowest BCUT2D eigenvalue weighted by atomic mass is 10.1.